The molecule has 0 aliphatic carbocycles. The molecule has 0 spiro atoms. The molecule has 0 heterocycles. The van der Waals surface area contributed by atoms with Gasteiger partial charge < -0.3 is 21.1 Å². The van der Waals surface area contributed by atoms with E-state index < -0.39 is 0 Å². The molecule has 3 aromatic carbocycles. The number of nitrogens with zero attached hydrogens (tertiary/aromatic N) is 2. The number of carbonyl (C=O) groups is 1. The summed E-state index contributed by atoms with van der Waals surface area (Å²) in [6.07, 6.45) is 1.12. The summed E-state index contributed by atoms with van der Waals surface area (Å²) < 4.78 is 6.26. The third-order valence-electron chi connectivity index (χ3n) is 5.17. The van der Waals surface area contributed by atoms with E-state index in [1.807, 2.05) is 26.0 Å². The number of hydrogen-bond donors (Lipinski definition) is 3. The Labute approximate surface area is 193 Å². The second kappa shape index (κ2) is 10.2. The van der Waals surface area contributed by atoms with Gasteiger partial charge in [0.05, 0.1) is 34.6 Å². The van der Waals surface area contributed by atoms with Crippen LogP contribution in [0.25, 0.3) is 0 Å². The van der Waals surface area contributed by atoms with Gasteiger partial charge in [-0.1, -0.05) is 12.1 Å². The second-order valence-corrected chi connectivity index (χ2v) is 7.65. The Hall–Kier alpha value is -4.49. The van der Waals surface area contributed by atoms with Crippen molar-refractivity contribution in [2.24, 2.45) is 0 Å². The standard InChI is InChI=1S/C26H25N5O2/c1-16-11-19(5-4-10-27)12-17(2)25(16)33-24-14-23(22(29)13-21(24)26(32)30-3)31-20-8-6-18(15-28)7-9-20/h6-9,11-14,31H,4-5,29H2,1-3H3,(H,30,32). The highest BCUT2D eigenvalue weighted by Gasteiger charge is 2.18. The minimum atomic E-state index is -0.317. The number of nitriles is 2. The molecule has 0 saturated heterocycles. The van der Waals surface area contributed by atoms with Gasteiger partial charge in [-0.15, -0.1) is 0 Å². The Morgan fingerprint density at radius 2 is 1.73 bits per heavy atom. The van der Waals surface area contributed by atoms with Gasteiger partial charge in [-0.05, 0) is 67.3 Å². The van der Waals surface area contributed by atoms with Gasteiger partial charge >= 0.3 is 0 Å². The number of amides is 1. The van der Waals surface area contributed by atoms with Crippen LogP contribution in [0.3, 0.4) is 0 Å². The number of nitrogens with two attached hydrogens (primary N) is 1. The van der Waals surface area contributed by atoms with Crippen molar-refractivity contribution >= 4 is 23.0 Å². The van der Waals surface area contributed by atoms with Crippen LogP contribution in [0.5, 0.6) is 11.5 Å². The van der Waals surface area contributed by atoms with E-state index in [9.17, 15) is 4.79 Å². The number of nitrogens with one attached hydrogen (secondary N) is 2. The number of aryl methyl sites for hydroxylation is 3. The fraction of sp³-hybridized carbons (Fsp3) is 0.192. The van der Waals surface area contributed by atoms with Crippen molar-refractivity contribution < 1.29 is 9.53 Å². The Bertz CT molecular complexity index is 1240. The molecule has 3 rings (SSSR count). The molecular weight excluding hydrogens is 414 g/mol. The Morgan fingerprint density at radius 1 is 1.06 bits per heavy atom. The molecular formula is C26H25N5O2. The molecule has 4 N–H and O–H groups in total. The van der Waals surface area contributed by atoms with Gasteiger partial charge in [0, 0.05) is 25.2 Å². The van der Waals surface area contributed by atoms with Gasteiger partial charge in [-0.25, -0.2) is 0 Å². The smallest absolute Gasteiger partial charge is 0.254 e. The molecule has 0 aliphatic heterocycles. The number of anilines is 3. The molecule has 7 heteroatoms. The van der Waals surface area contributed by atoms with Crippen LogP contribution in [-0.4, -0.2) is 13.0 Å². The van der Waals surface area contributed by atoms with Crippen LogP contribution in [0.15, 0.2) is 48.5 Å². The van der Waals surface area contributed by atoms with Gasteiger partial charge in [0.25, 0.3) is 5.91 Å². The third kappa shape index (κ3) is 5.41. The minimum absolute atomic E-state index is 0.313. The summed E-state index contributed by atoms with van der Waals surface area (Å²) in [6.45, 7) is 3.87. The average molecular weight is 440 g/mol. The number of hydrogen-bond acceptors (Lipinski definition) is 6. The summed E-state index contributed by atoms with van der Waals surface area (Å²) in [6, 6.07) is 18.5. The highest BCUT2D eigenvalue weighted by atomic mass is 16.5. The summed E-state index contributed by atoms with van der Waals surface area (Å²) in [7, 11) is 1.55. The van der Waals surface area contributed by atoms with Crippen LogP contribution in [0.2, 0.25) is 0 Å². The largest absolute Gasteiger partial charge is 0.456 e. The maximum atomic E-state index is 12.5. The van der Waals surface area contributed by atoms with E-state index in [2.05, 4.69) is 22.8 Å². The van der Waals surface area contributed by atoms with E-state index in [0.717, 1.165) is 22.4 Å². The van der Waals surface area contributed by atoms with Gasteiger partial charge in [0.2, 0.25) is 0 Å². The Morgan fingerprint density at radius 3 is 2.30 bits per heavy atom. The molecule has 0 aromatic heterocycles. The number of benzene rings is 3. The molecule has 0 unspecified atom stereocenters. The molecule has 0 fully saturated rings. The van der Waals surface area contributed by atoms with E-state index in [1.165, 1.54) is 0 Å². The van der Waals surface area contributed by atoms with Crippen molar-refractivity contribution in [2.45, 2.75) is 26.7 Å². The van der Waals surface area contributed by atoms with Crippen LogP contribution in [0.4, 0.5) is 17.1 Å². The fourth-order valence-electron chi connectivity index (χ4n) is 3.54. The van der Waals surface area contributed by atoms with Crippen molar-refractivity contribution in [3.05, 3.63) is 76.3 Å². The highest BCUT2D eigenvalue weighted by molar-refractivity contribution is 5.99. The quantitative estimate of drug-likeness (QED) is 0.440. The zero-order valence-corrected chi connectivity index (χ0v) is 18.8. The van der Waals surface area contributed by atoms with Crippen molar-refractivity contribution in [3.63, 3.8) is 0 Å². The predicted octanol–water partition coefficient (Wildman–Crippen LogP) is 5.11. The average Bonchev–Trinajstić information content (AvgIpc) is 2.81. The van der Waals surface area contributed by atoms with E-state index >= 15 is 0 Å². The molecule has 0 atom stereocenters. The van der Waals surface area contributed by atoms with Gasteiger partial charge in [0.15, 0.2) is 0 Å². The predicted molar refractivity (Wildman–Crippen MR) is 129 cm³/mol. The van der Waals surface area contributed by atoms with Crippen LogP contribution in [-0.2, 0) is 6.42 Å². The zero-order valence-electron chi connectivity index (χ0n) is 18.8. The first kappa shape index (κ1) is 23.2. The number of ether oxygens (including phenoxy) is 1. The SMILES string of the molecule is CNC(=O)c1cc(N)c(Nc2ccc(C#N)cc2)cc1Oc1c(C)cc(CCC#N)cc1C. The maximum Gasteiger partial charge on any atom is 0.254 e. The lowest BCUT2D eigenvalue weighted by Gasteiger charge is -2.18. The van der Waals surface area contributed by atoms with Crippen molar-refractivity contribution in [1.82, 2.24) is 5.32 Å². The Balaban J connectivity index is 2.00. The molecule has 33 heavy (non-hydrogen) atoms. The van der Waals surface area contributed by atoms with Crippen LogP contribution in [0, 0.1) is 36.5 Å². The lowest BCUT2D eigenvalue weighted by Crippen LogP contribution is -2.19. The Kier molecular flexibility index (Phi) is 7.17. The molecule has 166 valence electrons. The molecule has 0 aliphatic rings. The summed E-state index contributed by atoms with van der Waals surface area (Å²) >= 11 is 0. The molecule has 0 saturated carbocycles. The normalized spacial score (nSPS) is 10.1. The summed E-state index contributed by atoms with van der Waals surface area (Å²) in [5.41, 5.74) is 11.7. The highest BCUT2D eigenvalue weighted by Crippen LogP contribution is 2.37. The van der Waals surface area contributed by atoms with Crippen LogP contribution < -0.4 is 21.1 Å². The van der Waals surface area contributed by atoms with E-state index in [0.29, 0.717) is 46.8 Å². The van der Waals surface area contributed by atoms with Gasteiger partial charge in [-0.2, -0.15) is 10.5 Å². The van der Waals surface area contributed by atoms with Crippen molar-refractivity contribution in [3.8, 4) is 23.6 Å². The number of nitrogen functional groups attached to an aromatic ring is 1. The van der Waals surface area contributed by atoms with Gasteiger partial charge in [-0.3, -0.25) is 4.79 Å². The van der Waals surface area contributed by atoms with Crippen molar-refractivity contribution in [2.75, 3.05) is 18.1 Å². The third-order valence-corrected chi connectivity index (χ3v) is 5.17. The fourth-order valence-corrected chi connectivity index (χ4v) is 3.54. The summed E-state index contributed by atoms with van der Waals surface area (Å²) in [4.78, 5) is 12.5. The number of rotatable bonds is 7. The van der Waals surface area contributed by atoms with E-state index in [4.69, 9.17) is 21.0 Å². The lowest BCUT2D eigenvalue weighted by molar-refractivity contribution is 0.0961. The van der Waals surface area contributed by atoms with Crippen molar-refractivity contribution in [1.29, 1.82) is 10.5 Å². The molecule has 7 nitrogen and oxygen atoms in total. The molecule has 0 radical (unpaired) electrons. The van der Waals surface area contributed by atoms with Crippen LogP contribution >= 0.6 is 0 Å². The second-order valence-electron chi connectivity index (χ2n) is 7.65. The van der Waals surface area contributed by atoms with E-state index in [-0.39, 0.29) is 5.91 Å². The topological polar surface area (TPSA) is 124 Å². The summed E-state index contributed by atoms with van der Waals surface area (Å²) in [5, 5.41) is 23.7. The van der Waals surface area contributed by atoms with E-state index in [1.54, 1.807) is 43.4 Å². The zero-order chi connectivity index (χ0) is 24.0. The first-order chi connectivity index (χ1) is 15.9. The lowest BCUT2D eigenvalue weighted by atomic mass is 10.0. The minimum Gasteiger partial charge on any atom is -0.456 e. The molecule has 1 amide bonds. The molecule has 0 bridgehead atoms. The van der Waals surface area contributed by atoms with Gasteiger partial charge in [0.1, 0.15) is 11.5 Å². The molecule has 3 aromatic rings. The monoisotopic (exact) mass is 439 g/mol. The maximum absolute atomic E-state index is 12.5. The first-order valence-corrected chi connectivity index (χ1v) is 10.4. The first-order valence-electron chi connectivity index (χ1n) is 10.4. The van der Waals surface area contributed by atoms with Crippen LogP contribution in [0.1, 0.15) is 39.0 Å². The summed E-state index contributed by atoms with van der Waals surface area (Å²) in [5.74, 6) is 0.688. The number of carbonyl (C=O) groups excluding carboxylic acids is 1.